The number of Topliss-reactive ketones (excluding diaryl/α,β-unsaturated/α-hetero) is 1. The third kappa shape index (κ3) is 3.30. The molecule has 64 valence electrons. The van der Waals surface area contributed by atoms with Gasteiger partial charge in [0.25, 0.3) is 0 Å². The van der Waals surface area contributed by atoms with E-state index in [0.29, 0.717) is 6.42 Å². The van der Waals surface area contributed by atoms with Gasteiger partial charge in [-0.25, -0.2) is 0 Å². The Bertz CT molecular complexity index is 148. The van der Waals surface area contributed by atoms with Crippen LogP contribution in [-0.4, -0.2) is 12.1 Å². The quantitative estimate of drug-likeness (QED) is 0.450. The Morgan fingerprint density at radius 3 is 2.36 bits per heavy atom. The van der Waals surface area contributed by atoms with Gasteiger partial charge in [-0.2, -0.15) is 0 Å². The molecule has 2 heteroatoms. The maximum atomic E-state index is 11.2. The summed E-state index contributed by atoms with van der Waals surface area (Å²) in [4.78, 5) is 21.6. The zero-order valence-corrected chi connectivity index (χ0v) is 7.52. The summed E-state index contributed by atoms with van der Waals surface area (Å²) >= 11 is 0. The molecule has 0 saturated heterocycles. The van der Waals surface area contributed by atoms with Gasteiger partial charge in [0.1, 0.15) is 12.1 Å². The maximum absolute atomic E-state index is 11.2. The monoisotopic (exact) mass is 156 g/mol. The van der Waals surface area contributed by atoms with Crippen molar-refractivity contribution in [2.45, 2.75) is 40.0 Å². The molecule has 0 bridgehead atoms. The summed E-state index contributed by atoms with van der Waals surface area (Å²) in [5.74, 6) is 0.0503. The fourth-order valence-electron chi connectivity index (χ4n) is 0.725. The van der Waals surface area contributed by atoms with E-state index in [0.717, 1.165) is 19.1 Å². The van der Waals surface area contributed by atoms with Gasteiger partial charge in [0.15, 0.2) is 0 Å². The predicted octanol–water partition coefficient (Wildman–Crippen LogP) is 1.97. The fraction of sp³-hybridized carbons (Fsp3) is 0.778. The van der Waals surface area contributed by atoms with Gasteiger partial charge in [0, 0.05) is 6.42 Å². The average Bonchev–Trinajstić information content (AvgIpc) is 2.00. The van der Waals surface area contributed by atoms with Gasteiger partial charge in [-0.05, 0) is 20.3 Å². The van der Waals surface area contributed by atoms with Crippen LogP contribution in [0, 0.1) is 5.41 Å². The molecular formula is C9H16O2. The normalized spacial score (nSPS) is 11.2. The number of hydrogen-bond acceptors (Lipinski definition) is 2. The Morgan fingerprint density at radius 1 is 1.45 bits per heavy atom. The van der Waals surface area contributed by atoms with E-state index in [1.54, 1.807) is 13.8 Å². The summed E-state index contributed by atoms with van der Waals surface area (Å²) in [6.07, 6.45) is 3.14. The molecule has 11 heavy (non-hydrogen) atoms. The van der Waals surface area contributed by atoms with E-state index >= 15 is 0 Å². The summed E-state index contributed by atoms with van der Waals surface area (Å²) in [5.41, 5.74) is -0.769. The van der Waals surface area contributed by atoms with E-state index in [1.165, 1.54) is 0 Å². The molecule has 0 unspecified atom stereocenters. The molecule has 0 aromatic rings. The first kappa shape index (κ1) is 10.3. The first-order valence-electron chi connectivity index (χ1n) is 4.04. The van der Waals surface area contributed by atoms with Crippen molar-refractivity contribution in [3.05, 3.63) is 0 Å². The minimum absolute atomic E-state index is 0.0503. The van der Waals surface area contributed by atoms with E-state index in [4.69, 9.17) is 0 Å². The van der Waals surface area contributed by atoms with Crippen LogP contribution in [0.3, 0.4) is 0 Å². The molecule has 0 aliphatic carbocycles. The third-order valence-corrected chi connectivity index (χ3v) is 1.77. The number of unbranched alkanes of at least 4 members (excludes halogenated alkanes) is 1. The molecular weight excluding hydrogens is 140 g/mol. The first-order chi connectivity index (χ1) is 5.04. The summed E-state index contributed by atoms with van der Waals surface area (Å²) in [5, 5.41) is 0. The number of carbonyl (C=O) groups excluding carboxylic acids is 2. The van der Waals surface area contributed by atoms with E-state index < -0.39 is 5.41 Å². The van der Waals surface area contributed by atoms with Crippen molar-refractivity contribution >= 4 is 12.1 Å². The van der Waals surface area contributed by atoms with Crippen LogP contribution in [0.2, 0.25) is 0 Å². The van der Waals surface area contributed by atoms with Gasteiger partial charge in [-0.1, -0.05) is 13.3 Å². The SMILES string of the molecule is CCCCC(=O)C(C)(C)C=O. The second-order valence-electron chi connectivity index (χ2n) is 3.37. The van der Waals surface area contributed by atoms with Crippen molar-refractivity contribution < 1.29 is 9.59 Å². The molecule has 0 aliphatic heterocycles. The van der Waals surface area contributed by atoms with Crippen LogP contribution in [-0.2, 0) is 9.59 Å². The third-order valence-electron chi connectivity index (χ3n) is 1.77. The van der Waals surface area contributed by atoms with E-state index in [-0.39, 0.29) is 5.78 Å². The Kier molecular flexibility index (Phi) is 4.01. The lowest BCUT2D eigenvalue weighted by atomic mass is 9.87. The highest BCUT2D eigenvalue weighted by Crippen LogP contribution is 2.16. The lowest BCUT2D eigenvalue weighted by Crippen LogP contribution is -2.25. The molecule has 0 atom stereocenters. The van der Waals surface area contributed by atoms with E-state index in [2.05, 4.69) is 0 Å². The molecule has 0 rings (SSSR count). The number of hydrogen-bond donors (Lipinski definition) is 0. The van der Waals surface area contributed by atoms with Crippen LogP contribution in [0.15, 0.2) is 0 Å². The van der Waals surface area contributed by atoms with Gasteiger partial charge in [-0.3, -0.25) is 4.79 Å². The van der Waals surface area contributed by atoms with Crippen molar-refractivity contribution in [2.24, 2.45) is 5.41 Å². The number of ketones is 1. The first-order valence-corrected chi connectivity index (χ1v) is 4.04. The Hall–Kier alpha value is -0.660. The molecule has 0 aromatic carbocycles. The zero-order valence-electron chi connectivity index (χ0n) is 7.52. The molecule has 0 radical (unpaired) electrons. The molecule has 0 aliphatic rings. The summed E-state index contributed by atoms with van der Waals surface area (Å²) in [6, 6.07) is 0. The highest BCUT2D eigenvalue weighted by atomic mass is 16.1. The Labute approximate surface area is 68.0 Å². The zero-order chi connectivity index (χ0) is 8.91. The molecule has 0 amide bonds. The van der Waals surface area contributed by atoms with Crippen LogP contribution >= 0.6 is 0 Å². The van der Waals surface area contributed by atoms with Gasteiger partial charge in [0.2, 0.25) is 0 Å². The second-order valence-corrected chi connectivity index (χ2v) is 3.37. The standard InChI is InChI=1S/C9H16O2/c1-4-5-6-8(11)9(2,3)7-10/h7H,4-6H2,1-3H3. The Morgan fingerprint density at radius 2 is 2.00 bits per heavy atom. The smallest absolute Gasteiger partial charge is 0.145 e. The van der Waals surface area contributed by atoms with Crippen molar-refractivity contribution in [3.63, 3.8) is 0 Å². The fourth-order valence-corrected chi connectivity index (χ4v) is 0.725. The lowest BCUT2D eigenvalue weighted by Gasteiger charge is -2.13. The summed E-state index contributed by atoms with van der Waals surface area (Å²) in [6.45, 7) is 5.36. The van der Waals surface area contributed by atoms with Gasteiger partial charge in [-0.15, -0.1) is 0 Å². The molecule has 2 nitrogen and oxygen atoms in total. The highest BCUT2D eigenvalue weighted by molar-refractivity contribution is 5.97. The van der Waals surface area contributed by atoms with Crippen molar-refractivity contribution in [1.82, 2.24) is 0 Å². The average molecular weight is 156 g/mol. The minimum Gasteiger partial charge on any atom is -0.302 e. The van der Waals surface area contributed by atoms with Crippen molar-refractivity contribution in [1.29, 1.82) is 0 Å². The van der Waals surface area contributed by atoms with Gasteiger partial charge >= 0.3 is 0 Å². The van der Waals surface area contributed by atoms with Crippen LogP contribution in [0.4, 0.5) is 0 Å². The van der Waals surface area contributed by atoms with E-state index in [9.17, 15) is 9.59 Å². The number of rotatable bonds is 5. The number of carbonyl (C=O) groups is 2. The summed E-state index contributed by atoms with van der Waals surface area (Å²) in [7, 11) is 0. The lowest BCUT2D eigenvalue weighted by molar-refractivity contribution is -0.132. The van der Waals surface area contributed by atoms with Crippen molar-refractivity contribution in [3.8, 4) is 0 Å². The van der Waals surface area contributed by atoms with Crippen LogP contribution in [0.5, 0.6) is 0 Å². The molecule has 0 aromatic heterocycles. The Balaban J connectivity index is 3.91. The largest absolute Gasteiger partial charge is 0.302 e. The van der Waals surface area contributed by atoms with Crippen LogP contribution in [0.25, 0.3) is 0 Å². The summed E-state index contributed by atoms with van der Waals surface area (Å²) < 4.78 is 0. The molecule has 0 fully saturated rings. The van der Waals surface area contributed by atoms with Crippen LogP contribution in [0.1, 0.15) is 40.0 Å². The predicted molar refractivity (Wildman–Crippen MR) is 44.4 cm³/mol. The minimum atomic E-state index is -0.769. The second kappa shape index (κ2) is 4.27. The van der Waals surface area contributed by atoms with Crippen molar-refractivity contribution in [2.75, 3.05) is 0 Å². The van der Waals surface area contributed by atoms with Crippen LogP contribution < -0.4 is 0 Å². The number of aldehydes is 1. The molecule has 0 saturated carbocycles. The molecule has 0 heterocycles. The van der Waals surface area contributed by atoms with Gasteiger partial charge in [0.05, 0.1) is 5.41 Å². The van der Waals surface area contributed by atoms with E-state index in [1.807, 2.05) is 6.92 Å². The molecule has 0 N–H and O–H groups in total. The topological polar surface area (TPSA) is 34.1 Å². The molecule has 0 spiro atoms. The highest BCUT2D eigenvalue weighted by Gasteiger charge is 2.25. The maximum Gasteiger partial charge on any atom is 0.145 e. The van der Waals surface area contributed by atoms with Gasteiger partial charge < -0.3 is 4.79 Å².